The number of methoxy groups -OCH3 is 2. The first-order chi connectivity index (χ1) is 15.9. The third-order valence-corrected chi connectivity index (χ3v) is 7.53. The first-order valence-electron chi connectivity index (χ1n) is 10.6. The van der Waals surface area contributed by atoms with Crippen molar-refractivity contribution >= 4 is 27.3 Å². The lowest BCUT2D eigenvalue weighted by molar-refractivity contribution is -0.117. The first-order valence-corrected chi connectivity index (χ1v) is 12.0. The van der Waals surface area contributed by atoms with Crippen molar-refractivity contribution in [3.05, 3.63) is 78.4 Å². The van der Waals surface area contributed by atoms with Crippen molar-refractivity contribution in [2.24, 2.45) is 0 Å². The molecular weight excluding hydrogens is 440 g/mol. The Kier molecular flexibility index (Phi) is 6.29. The second kappa shape index (κ2) is 9.15. The fourth-order valence-corrected chi connectivity index (χ4v) is 5.59. The number of sulfonamides is 1. The van der Waals surface area contributed by atoms with Crippen LogP contribution in [0.2, 0.25) is 0 Å². The van der Waals surface area contributed by atoms with Gasteiger partial charge in [0.2, 0.25) is 5.91 Å². The zero-order valence-corrected chi connectivity index (χ0v) is 19.6. The zero-order valence-electron chi connectivity index (χ0n) is 18.8. The molecule has 0 unspecified atom stereocenters. The largest absolute Gasteiger partial charge is 0.493 e. The Morgan fingerprint density at radius 1 is 0.970 bits per heavy atom. The predicted octanol–water partition coefficient (Wildman–Crippen LogP) is 3.88. The van der Waals surface area contributed by atoms with Gasteiger partial charge in [0.25, 0.3) is 10.0 Å². The molecule has 0 aromatic heterocycles. The highest BCUT2D eigenvalue weighted by atomic mass is 32.2. The van der Waals surface area contributed by atoms with E-state index in [4.69, 9.17) is 9.47 Å². The van der Waals surface area contributed by atoms with Crippen molar-refractivity contribution < 1.29 is 22.7 Å². The maximum atomic E-state index is 13.6. The Morgan fingerprint density at radius 2 is 1.64 bits per heavy atom. The van der Waals surface area contributed by atoms with Gasteiger partial charge in [-0.2, -0.15) is 0 Å². The van der Waals surface area contributed by atoms with Crippen molar-refractivity contribution in [3.8, 4) is 11.5 Å². The monoisotopic (exact) mass is 466 g/mol. The van der Waals surface area contributed by atoms with E-state index in [0.29, 0.717) is 17.2 Å². The van der Waals surface area contributed by atoms with Crippen molar-refractivity contribution in [3.63, 3.8) is 0 Å². The van der Waals surface area contributed by atoms with E-state index < -0.39 is 10.0 Å². The molecule has 0 radical (unpaired) electrons. The quantitative estimate of drug-likeness (QED) is 0.528. The maximum absolute atomic E-state index is 13.6. The summed E-state index contributed by atoms with van der Waals surface area (Å²) in [6.07, 6.45) is 0.726. The van der Waals surface area contributed by atoms with E-state index in [2.05, 4.69) is 0 Å². The van der Waals surface area contributed by atoms with Crippen LogP contribution in [-0.4, -0.2) is 41.1 Å². The Labute approximate surface area is 194 Å². The van der Waals surface area contributed by atoms with Crippen molar-refractivity contribution in [2.75, 3.05) is 30.0 Å². The van der Waals surface area contributed by atoms with E-state index in [-0.39, 0.29) is 23.4 Å². The second-order valence-electron chi connectivity index (χ2n) is 7.81. The molecule has 0 saturated carbocycles. The summed E-state index contributed by atoms with van der Waals surface area (Å²) >= 11 is 0. The molecule has 1 atom stereocenters. The topological polar surface area (TPSA) is 76.2 Å². The molecule has 4 rings (SSSR count). The Hall–Kier alpha value is -3.52. The minimum Gasteiger partial charge on any atom is -0.493 e. The average Bonchev–Trinajstić information content (AvgIpc) is 3.18. The fraction of sp³-hybridized carbons (Fsp3) is 0.240. The van der Waals surface area contributed by atoms with Crippen LogP contribution in [0.15, 0.2) is 77.7 Å². The van der Waals surface area contributed by atoms with Crippen molar-refractivity contribution in [1.29, 1.82) is 0 Å². The molecule has 3 aromatic rings. The normalized spacial score (nSPS) is 15.1. The number of hydrogen-bond donors (Lipinski definition) is 0. The standard InChI is InChI=1S/C25H26N2O5S/c1-18-15-19-9-7-8-12-22(19)27(18)25(28)17-26(33(29,30)21-10-5-4-6-11-21)20-13-14-23(31-2)24(16-20)32-3/h4-14,16,18H,15,17H2,1-3H3/t18-/m0/s1. The van der Waals surface area contributed by atoms with Gasteiger partial charge in [-0.15, -0.1) is 0 Å². The second-order valence-corrected chi connectivity index (χ2v) is 9.67. The van der Waals surface area contributed by atoms with Crippen LogP contribution in [0.5, 0.6) is 11.5 Å². The lowest BCUT2D eigenvalue weighted by Gasteiger charge is -2.29. The predicted molar refractivity (Wildman–Crippen MR) is 128 cm³/mol. The van der Waals surface area contributed by atoms with Gasteiger partial charge in [-0.3, -0.25) is 9.10 Å². The number of para-hydroxylation sites is 1. The molecule has 0 aliphatic carbocycles. The fourth-order valence-electron chi connectivity index (χ4n) is 4.16. The summed E-state index contributed by atoms with van der Waals surface area (Å²) in [5.41, 5.74) is 2.20. The maximum Gasteiger partial charge on any atom is 0.264 e. The van der Waals surface area contributed by atoms with Crippen LogP contribution < -0.4 is 18.7 Å². The number of fused-ring (bicyclic) bond motifs is 1. The summed E-state index contributed by atoms with van der Waals surface area (Å²) in [5, 5.41) is 0. The molecule has 3 aromatic carbocycles. The number of amides is 1. The average molecular weight is 467 g/mol. The van der Waals surface area contributed by atoms with Gasteiger partial charge in [0.1, 0.15) is 6.54 Å². The molecule has 33 heavy (non-hydrogen) atoms. The summed E-state index contributed by atoms with van der Waals surface area (Å²) < 4.78 is 39.1. The van der Waals surface area contributed by atoms with Gasteiger partial charge < -0.3 is 14.4 Å². The van der Waals surface area contributed by atoms with Crippen LogP contribution in [0.3, 0.4) is 0 Å². The third kappa shape index (κ3) is 4.26. The summed E-state index contributed by atoms with van der Waals surface area (Å²) in [6.45, 7) is 1.61. The molecule has 0 spiro atoms. The summed E-state index contributed by atoms with van der Waals surface area (Å²) in [7, 11) is -1.05. The molecule has 1 amide bonds. The summed E-state index contributed by atoms with van der Waals surface area (Å²) in [5.74, 6) is 0.532. The summed E-state index contributed by atoms with van der Waals surface area (Å²) in [4.78, 5) is 15.3. The lowest BCUT2D eigenvalue weighted by Crippen LogP contribution is -2.45. The van der Waals surface area contributed by atoms with Crippen LogP contribution in [0.1, 0.15) is 12.5 Å². The smallest absolute Gasteiger partial charge is 0.264 e. The number of carbonyl (C=O) groups excluding carboxylic acids is 1. The van der Waals surface area contributed by atoms with Crippen LogP contribution in [-0.2, 0) is 21.2 Å². The molecule has 0 fully saturated rings. The molecule has 8 heteroatoms. The SMILES string of the molecule is COc1ccc(N(CC(=O)N2c3ccccc3C[C@@H]2C)S(=O)(=O)c2ccccc2)cc1OC. The zero-order chi connectivity index (χ0) is 23.6. The van der Waals surface area contributed by atoms with Gasteiger partial charge in [0.15, 0.2) is 11.5 Å². The molecule has 1 aliphatic rings. The van der Waals surface area contributed by atoms with E-state index >= 15 is 0 Å². The Balaban J connectivity index is 1.76. The van der Waals surface area contributed by atoms with E-state index in [9.17, 15) is 13.2 Å². The minimum atomic E-state index is -4.03. The van der Waals surface area contributed by atoms with Gasteiger partial charge in [-0.25, -0.2) is 8.42 Å². The van der Waals surface area contributed by atoms with E-state index in [1.54, 1.807) is 41.3 Å². The van der Waals surface area contributed by atoms with Gasteiger partial charge in [0, 0.05) is 17.8 Å². The van der Waals surface area contributed by atoms with E-state index in [0.717, 1.165) is 22.0 Å². The van der Waals surface area contributed by atoms with Crippen molar-refractivity contribution in [1.82, 2.24) is 0 Å². The number of hydrogen-bond acceptors (Lipinski definition) is 5. The number of benzene rings is 3. The molecule has 1 aliphatic heterocycles. The minimum absolute atomic E-state index is 0.0680. The van der Waals surface area contributed by atoms with Crippen LogP contribution in [0, 0.1) is 0 Å². The molecule has 7 nitrogen and oxygen atoms in total. The number of nitrogens with zero attached hydrogens (tertiary/aromatic N) is 2. The number of rotatable bonds is 7. The molecular formula is C25H26N2O5S. The highest BCUT2D eigenvalue weighted by Gasteiger charge is 2.35. The number of anilines is 2. The van der Waals surface area contributed by atoms with Gasteiger partial charge in [0.05, 0.1) is 24.8 Å². The highest BCUT2D eigenvalue weighted by molar-refractivity contribution is 7.92. The van der Waals surface area contributed by atoms with Gasteiger partial charge in [-0.05, 0) is 49.2 Å². The molecule has 0 N–H and O–H groups in total. The van der Waals surface area contributed by atoms with Gasteiger partial charge in [-0.1, -0.05) is 36.4 Å². The molecule has 172 valence electrons. The first kappa shape index (κ1) is 22.7. The Morgan fingerprint density at radius 3 is 2.33 bits per heavy atom. The highest BCUT2D eigenvalue weighted by Crippen LogP contribution is 2.35. The molecule has 1 heterocycles. The molecule has 0 saturated heterocycles. The Bertz CT molecular complexity index is 1260. The molecule has 0 bridgehead atoms. The summed E-state index contributed by atoms with van der Waals surface area (Å²) in [6, 6.07) is 20.5. The van der Waals surface area contributed by atoms with Crippen molar-refractivity contribution in [2.45, 2.75) is 24.3 Å². The third-order valence-electron chi connectivity index (χ3n) is 5.74. The van der Waals surface area contributed by atoms with E-state index in [1.807, 2.05) is 31.2 Å². The van der Waals surface area contributed by atoms with Crippen LogP contribution in [0.4, 0.5) is 11.4 Å². The lowest BCUT2D eigenvalue weighted by atomic mass is 10.1. The van der Waals surface area contributed by atoms with E-state index in [1.165, 1.54) is 26.4 Å². The van der Waals surface area contributed by atoms with Crippen LogP contribution in [0.25, 0.3) is 0 Å². The van der Waals surface area contributed by atoms with Gasteiger partial charge >= 0.3 is 0 Å². The number of carbonyl (C=O) groups is 1. The van der Waals surface area contributed by atoms with Crippen LogP contribution >= 0.6 is 0 Å². The number of ether oxygens (including phenoxy) is 2.